The monoisotopic (exact) mass is 379 g/mol. The van der Waals surface area contributed by atoms with Crippen LogP contribution in [0.4, 0.5) is 5.69 Å². The van der Waals surface area contributed by atoms with E-state index in [2.05, 4.69) is 10.3 Å². The van der Waals surface area contributed by atoms with Crippen molar-refractivity contribution in [1.29, 1.82) is 0 Å². The van der Waals surface area contributed by atoms with Crippen molar-refractivity contribution in [2.24, 2.45) is 0 Å². The predicted molar refractivity (Wildman–Crippen MR) is 104 cm³/mol. The summed E-state index contributed by atoms with van der Waals surface area (Å²) in [5.74, 6) is -1.83. The quantitative estimate of drug-likeness (QED) is 0.551. The lowest BCUT2D eigenvalue weighted by atomic mass is 9.97. The van der Waals surface area contributed by atoms with E-state index in [1.54, 1.807) is 30.5 Å². The summed E-state index contributed by atoms with van der Waals surface area (Å²) in [4.78, 5) is 34.6. The Kier molecular flexibility index (Phi) is 4.45. The lowest BCUT2D eigenvalue weighted by Gasteiger charge is -2.09. The van der Waals surface area contributed by atoms with E-state index in [1.807, 2.05) is 37.3 Å². The molecule has 3 aromatic rings. The number of nitrogens with one attached hydrogen (secondary N) is 1. The molecular weight excluding hydrogens is 362 g/mol. The number of fused-ring (bicyclic) bond motifs is 1. The number of rotatable bonds is 4. The Labute approximate surface area is 160 Å². The zero-order valence-corrected chi connectivity index (χ0v) is 15.7. The Hall–Kier alpha value is -3.06. The molecule has 27 heavy (non-hydrogen) atoms. The number of aryl methyl sites for hydroxylation is 1. The minimum atomic E-state index is -0.936. The Morgan fingerprint density at radius 3 is 2.89 bits per heavy atom. The molecule has 4 rings (SSSR count). The summed E-state index contributed by atoms with van der Waals surface area (Å²) < 4.78 is 5.06. The predicted octanol–water partition coefficient (Wildman–Crippen LogP) is 3.78. The molecule has 1 amide bonds. The third-order valence-corrected chi connectivity index (χ3v) is 5.35. The molecule has 0 bridgehead atoms. The number of carbonyl (C=O) groups excluding carboxylic acids is 2. The number of carbonyl (C=O) groups is 2. The van der Waals surface area contributed by atoms with E-state index in [9.17, 15) is 9.59 Å². The van der Waals surface area contributed by atoms with Crippen LogP contribution in [0.1, 0.15) is 23.3 Å². The second-order valence-electron chi connectivity index (χ2n) is 6.12. The van der Waals surface area contributed by atoms with Crippen molar-refractivity contribution in [1.82, 2.24) is 9.97 Å². The number of aromatic nitrogens is 2. The molecule has 1 aliphatic heterocycles. The van der Waals surface area contributed by atoms with Crippen LogP contribution in [0.15, 0.2) is 42.6 Å². The molecule has 0 aliphatic carbocycles. The molecule has 2 aromatic heterocycles. The summed E-state index contributed by atoms with van der Waals surface area (Å²) in [5.41, 5.74) is 3.77. The van der Waals surface area contributed by atoms with Gasteiger partial charge >= 0.3 is 5.97 Å². The fourth-order valence-corrected chi connectivity index (χ4v) is 4.04. The number of hydrogen-bond donors (Lipinski definition) is 1. The molecule has 6 nitrogen and oxygen atoms in total. The highest BCUT2D eigenvalue weighted by Crippen LogP contribution is 2.39. The average molecular weight is 379 g/mol. The molecule has 3 heterocycles. The van der Waals surface area contributed by atoms with Crippen LogP contribution >= 0.6 is 11.3 Å². The van der Waals surface area contributed by atoms with Gasteiger partial charge in [0.25, 0.3) is 0 Å². The van der Waals surface area contributed by atoms with Crippen LogP contribution in [0.2, 0.25) is 0 Å². The Morgan fingerprint density at radius 2 is 2.15 bits per heavy atom. The van der Waals surface area contributed by atoms with E-state index in [4.69, 9.17) is 9.72 Å². The second-order valence-corrected chi connectivity index (χ2v) is 7.32. The van der Waals surface area contributed by atoms with Crippen molar-refractivity contribution in [3.8, 4) is 22.0 Å². The molecule has 0 saturated carbocycles. The summed E-state index contributed by atoms with van der Waals surface area (Å²) in [6.45, 7) is 3.95. The maximum Gasteiger partial charge on any atom is 0.323 e. The van der Waals surface area contributed by atoms with E-state index in [0.29, 0.717) is 11.3 Å². The lowest BCUT2D eigenvalue weighted by molar-refractivity contribution is -0.147. The van der Waals surface area contributed by atoms with Crippen LogP contribution in [-0.2, 0) is 14.3 Å². The molecule has 0 fully saturated rings. The first-order valence-electron chi connectivity index (χ1n) is 8.59. The van der Waals surface area contributed by atoms with Crippen LogP contribution in [0, 0.1) is 6.92 Å². The van der Waals surface area contributed by atoms with Crippen molar-refractivity contribution >= 4 is 28.9 Å². The summed E-state index contributed by atoms with van der Waals surface area (Å²) in [7, 11) is 0. The number of amides is 1. The molecule has 0 spiro atoms. The van der Waals surface area contributed by atoms with Gasteiger partial charge in [-0.25, -0.2) is 4.98 Å². The third-order valence-electron chi connectivity index (χ3n) is 4.36. The first kappa shape index (κ1) is 17.4. The van der Waals surface area contributed by atoms with Crippen LogP contribution in [0.3, 0.4) is 0 Å². The van der Waals surface area contributed by atoms with Gasteiger partial charge in [-0.15, -0.1) is 11.3 Å². The molecule has 1 atom stereocenters. The maximum atomic E-state index is 12.2. The van der Waals surface area contributed by atoms with Gasteiger partial charge in [0.05, 0.1) is 18.0 Å². The van der Waals surface area contributed by atoms with Crippen LogP contribution < -0.4 is 5.32 Å². The minimum Gasteiger partial charge on any atom is -0.465 e. The van der Waals surface area contributed by atoms with Gasteiger partial charge < -0.3 is 10.1 Å². The molecule has 7 heteroatoms. The van der Waals surface area contributed by atoms with E-state index < -0.39 is 11.9 Å². The molecule has 0 radical (unpaired) electrons. The highest BCUT2D eigenvalue weighted by Gasteiger charge is 2.38. The van der Waals surface area contributed by atoms with Gasteiger partial charge in [-0.3, -0.25) is 14.6 Å². The van der Waals surface area contributed by atoms with Crippen LogP contribution in [0.5, 0.6) is 0 Å². The molecular formula is C20H17N3O3S. The van der Waals surface area contributed by atoms with Crippen molar-refractivity contribution in [2.75, 3.05) is 11.9 Å². The zero-order valence-electron chi connectivity index (χ0n) is 14.9. The van der Waals surface area contributed by atoms with Gasteiger partial charge in [-0.1, -0.05) is 12.1 Å². The highest BCUT2D eigenvalue weighted by molar-refractivity contribution is 7.15. The SMILES string of the molecule is CCOC(=O)C1C(=O)Nc2ccc(-c3nc(-c4ccccn4)sc3C)cc21. The minimum absolute atomic E-state index is 0.232. The number of pyridine rings is 1. The summed E-state index contributed by atoms with van der Waals surface area (Å²) >= 11 is 1.56. The molecule has 0 saturated heterocycles. The van der Waals surface area contributed by atoms with E-state index in [1.165, 1.54) is 0 Å². The van der Waals surface area contributed by atoms with Gasteiger partial charge in [0.2, 0.25) is 5.91 Å². The van der Waals surface area contributed by atoms with Crippen LogP contribution in [0.25, 0.3) is 22.0 Å². The Bertz CT molecular complexity index is 1030. The van der Waals surface area contributed by atoms with Crippen molar-refractivity contribution < 1.29 is 14.3 Å². The van der Waals surface area contributed by atoms with Crippen molar-refractivity contribution in [3.05, 3.63) is 53.0 Å². The number of thiazole rings is 1. The second kappa shape index (κ2) is 6.92. The Balaban J connectivity index is 1.74. The number of ether oxygens (including phenoxy) is 1. The van der Waals surface area contributed by atoms with Gasteiger partial charge in [0.15, 0.2) is 5.92 Å². The highest BCUT2D eigenvalue weighted by atomic mass is 32.1. The third kappa shape index (κ3) is 3.10. The number of nitrogens with zero attached hydrogens (tertiary/aromatic N) is 2. The zero-order chi connectivity index (χ0) is 19.0. The first-order valence-corrected chi connectivity index (χ1v) is 9.40. The van der Waals surface area contributed by atoms with Gasteiger partial charge in [0.1, 0.15) is 5.01 Å². The average Bonchev–Trinajstić information content (AvgIpc) is 3.21. The standard InChI is InChI=1S/C20H17N3O3S/c1-3-26-20(25)16-13-10-12(7-8-14(13)22-18(16)24)17-11(2)27-19(23-17)15-6-4-5-9-21-15/h4-10,16H,3H2,1-2H3,(H,22,24). The number of hydrogen-bond acceptors (Lipinski definition) is 6. The van der Waals surface area contributed by atoms with Crippen LogP contribution in [-0.4, -0.2) is 28.5 Å². The van der Waals surface area contributed by atoms with Gasteiger partial charge in [-0.2, -0.15) is 0 Å². The van der Waals surface area contributed by atoms with E-state index in [-0.39, 0.29) is 12.5 Å². The number of esters is 1. The smallest absolute Gasteiger partial charge is 0.323 e. The number of benzene rings is 1. The van der Waals surface area contributed by atoms with E-state index >= 15 is 0 Å². The van der Waals surface area contributed by atoms with Gasteiger partial charge in [-0.05, 0) is 43.7 Å². The van der Waals surface area contributed by atoms with Crippen molar-refractivity contribution in [3.63, 3.8) is 0 Å². The normalized spacial score (nSPS) is 15.3. The molecule has 1 unspecified atom stereocenters. The molecule has 136 valence electrons. The molecule has 1 N–H and O–H groups in total. The summed E-state index contributed by atoms with van der Waals surface area (Å²) in [6, 6.07) is 11.3. The lowest BCUT2D eigenvalue weighted by Crippen LogP contribution is -2.22. The number of anilines is 1. The first-order chi connectivity index (χ1) is 13.1. The fourth-order valence-electron chi connectivity index (χ4n) is 3.13. The maximum absolute atomic E-state index is 12.2. The summed E-state index contributed by atoms with van der Waals surface area (Å²) in [5, 5.41) is 3.58. The Morgan fingerprint density at radius 1 is 1.30 bits per heavy atom. The fraction of sp³-hybridized carbons (Fsp3) is 0.200. The molecule has 1 aromatic carbocycles. The largest absolute Gasteiger partial charge is 0.465 e. The van der Waals surface area contributed by atoms with E-state index in [0.717, 1.165) is 26.8 Å². The van der Waals surface area contributed by atoms with Gasteiger partial charge in [0, 0.05) is 22.3 Å². The summed E-state index contributed by atoms with van der Waals surface area (Å²) in [6.07, 6.45) is 1.74. The van der Waals surface area contributed by atoms with Crippen molar-refractivity contribution in [2.45, 2.75) is 19.8 Å². The molecule has 1 aliphatic rings. The topological polar surface area (TPSA) is 81.2 Å².